The quantitative estimate of drug-likeness (QED) is 0.160. The Hall–Kier alpha value is -4.56. The first kappa shape index (κ1) is 32.7. The average molecular weight is 577 g/mol. The van der Waals surface area contributed by atoms with Crippen molar-refractivity contribution in [2.24, 2.45) is 0 Å². The molecule has 8 nitrogen and oxygen atoms in total. The molecule has 0 unspecified atom stereocenters. The molecule has 9 heteroatoms. The maximum Gasteiger partial charge on any atom is 0.170 e. The smallest absolute Gasteiger partial charge is 0.170 e. The van der Waals surface area contributed by atoms with Crippen molar-refractivity contribution < 1.29 is 19.8 Å². The molecule has 0 atom stereocenters. The van der Waals surface area contributed by atoms with Crippen LogP contribution in [-0.4, -0.2) is 59.2 Å². The molecule has 0 radical (unpaired) electrons. The number of halogens is 1. The number of nitrogens with one attached hydrogen (secondary N) is 1. The van der Waals surface area contributed by atoms with Crippen LogP contribution in [0.25, 0.3) is 16.4 Å². The van der Waals surface area contributed by atoms with E-state index < -0.39 is 0 Å². The summed E-state index contributed by atoms with van der Waals surface area (Å²) < 4.78 is 1.82. The molecular formula is C32H37ClN4O4. The summed E-state index contributed by atoms with van der Waals surface area (Å²) in [4.78, 5) is 26.7. The Morgan fingerprint density at radius 2 is 1.56 bits per heavy atom. The second-order valence-electron chi connectivity index (χ2n) is 8.54. The third kappa shape index (κ3) is 8.46. The molecule has 41 heavy (non-hydrogen) atoms. The molecule has 3 heterocycles. The number of hydrogen-bond acceptors (Lipinski definition) is 7. The average Bonchev–Trinajstić information content (AvgIpc) is 3.63. The largest absolute Gasteiger partial charge is 0.508 e. The van der Waals surface area contributed by atoms with Crippen molar-refractivity contribution in [3.63, 3.8) is 0 Å². The number of fused-ring (bicyclic) bond motifs is 4. The Morgan fingerprint density at radius 3 is 2.17 bits per heavy atom. The molecule has 216 valence electrons. The van der Waals surface area contributed by atoms with Crippen LogP contribution in [0.3, 0.4) is 0 Å². The van der Waals surface area contributed by atoms with Gasteiger partial charge < -0.3 is 24.8 Å². The first-order valence-electron chi connectivity index (χ1n) is 13.1. The lowest BCUT2D eigenvalue weighted by Crippen LogP contribution is -2.12. The number of anilines is 2. The van der Waals surface area contributed by atoms with Gasteiger partial charge in [0.05, 0.1) is 5.69 Å². The molecule has 0 spiro atoms. The topological polar surface area (TPSA) is 107 Å². The Balaban J connectivity index is 0.000000208. The van der Waals surface area contributed by atoms with E-state index in [4.69, 9.17) is 5.11 Å². The molecule has 0 fully saturated rings. The van der Waals surface area contributed by atoms with Gasteiger partial charge in [-0.05, 0) is 53.8 Å². The summed E-state index contributed by atoms with van der Waals surface area (Å²) in [5.41, 5.74) is 5.33. The predicted molar refractivity (Wildman–Crippen MR) is 169 cm³/mol. The third-order valence-corrected chi connectivity index (χ3v) is 6.13. The predicted octanol–water partition coefficient (Wildman–Crippen LogP) is 6.81. The maximum atomic E-state index is 10.4. The van der Waals surface area contributed by atoms with Gasteiger partial charge in [0.1, 0.15) is 29.1 Å². The second kappa shape index (κ2) is 16.5. The van der Waals surface area contributed by atoms with Gasteiger partial charge in [0, 0.05) is 62.1 Å². The second-order valence-corrected chi connectivity index (χ2v) is 8.54. The van der Waals surface area contributed by atoms with Gasteiger partial charge in [0.2, 0.25) is 0 Å². The van der Waals surface area contributed by atoms with Gasteiger partial charge in [-0.15, -0.1) is 11.6 Å². The lowest BCUT2D eigenvalue weighted by molar-refractivity contribution is 0.111. The van der Waals surface area contributed by atoms with Crippen molar-refractivity contribution >= 4 is 52.0 Å². The minimum absolute atomic E-state index is 0.181. The third-order valence-electron chi connectivity index (χ3n) is 6.13. The number of imidazole rings is 1. The number of likely N-dealkylation sites (N-methyl/N-ethyl adjacent to an activating group) is 1. The van der Waals surface area contributed by atoms with Crippen molar-refractivity contribution in [3.05, 3.63) is 95.9 Å². The lowest BCUT2D eigenvalue weighted by atomic mass is 10.0. The summed E-state index contributed by atoms with van der Waals surface area (Å²) in [6.07, 6.45) is 7.61. The zero-order chi connectivity index (χ0) is 30.4. The number of phenols is 2. The van der Waals surface area contributed by atoms with Crippen molar-refractivity contribution in [1.82, 2.24) is 9.38 Å². The highest BCUT2D eigenvalue weighted by Crippen LogP contribution is 2.38. The van der Waals surface area contributed by atoms with E-state index in [9.17, 15) is 14.7 Å². The number of nitrogens with zero attached hydrogens (tertiary/aromatic N) is 3. The van der Waals surface area contributed by atoms with Gasteiger partial charge in [-0.2, -0.15) is 0 Å². The van der Waals surface area contributed by atoms with E-state index in [0.717, 1.165) is 42.3 Å². The molecule has 0 saturated heterocycles. The van der Waals surface area contributed by atoms with Crippen molar-refractivity contribution in [2.45, 2.75) is 20.3 Å². The van der Waals surface area contributed by atoms with E-state index in [1.54, 1.807) is 18.3 Å². The monoisotopic (exact) mass is 576 g/mol. The van der Waals surface area contributed by atoms with Crippen LogP contribution in [0.15, 0.2) is 79.1 Å². The SMILES string of the molecule is CC.CCl.CN1CCc2c1cc(O)c1ccccc21.CNc1ccc2nc(C=O)cn2c1.O=Cc1ccc(O)cc1. The molecular weight excluding hydrogens is 540 g/mol. The Labute approximate surface area is 245 Å². The van der Waals surface area contributed by atoms with Crippen molar-refractivity contribution in [3.8, 4) is 11.5 Å². The fourth-order valence-corrected chi connectivity index (χ4v) is 4.17. The highest BCUT2D eigenvalue weighted by molar-refractivity contribution is 6.15. The van der Waals surface area contributed by atoms with Crippen LogP contribution in [0.5, 0.6) is 11.5 Å². The van der Waals surface area contributed by atoms with Crippen LogP contribution < -0.4 is 10.2 Å². The number of aromatic nitrogens is 2. The highest BCUT2D eigenvalue weighted by Gasteiger charge is 2.19. The minimum Gasteiger partial charge on any atom is -0.508 e. The normalized spacial score (nSPS) is 10.8. The van der Waals surface area contributed by atoms with E-state index in [0.29, 0.717) is 17.0 Å². The van der Waals surface area contributed by atoms with E-state index in [-0.39, 0.29) is 5.75 Å². The standard InChI is InChI=1S/C13H13NO.C9H9N3O.C7H6O2.C2H6.CH3Cl/c1-14-7-6-10-9-4-2-3-5-11(9)13(15)8-12(10)14;1-10-7-2-3-9-11-8(6-13)5-12(9)4-7;8-5-6-1-3-7(9)4-2-6;2*1-2/h2-5,8,15H,6-7H2,1H3;2-6,10H,1H3;1-5,9H;1-2H3;1H3. The molecule has 6 rings (SSSR count). The Kier molecular flexibility index (Phi) is 13.2. The van der Waals surface area contributed by atoms with Crippen LogP contribution in [0.4, 0.5) is 11.4 Å². The van der Waals surface area contributed by atoms with Gasteiger partial charge in [0.15, 0.2) is 6.29 Å². The van der Waals surface area contributed by atoms with Gasteiger partial charge in [-0.1, -0.05) is 38.1 Å². The van der Waals surface area contributed by atoms with Gasteiger partial charge >= 0.3 is 0 Å². The summed E-state index contributed by atoms with van der Waals surface area (Å²) in [6, 6.07) is 19.8. The first-order valence-corrected chi connectivity index (χ1v) is 13.9. The maximum absolute atomic E-state index is 10.4. The molecule has 1 aliphatic heterocycles. The first-order chi connectivity index (χ1) is 19.9. The van der Waals surface area contributed by atoms with Crippen LogP contribution in [0.2, 0.25) is 0 Å². The molecule has 5 aromatic rings. The molecule has 0 bridgehead atoms. The van der Waals surface area contributed by atoms with Crippen LogP contribution >= 0.6 is 11.6 Å². The van der Waals surface area contributed by atoms with E-state index in [1.165, 1.54) is 35.2 Å². The van der Waals surface area contributed by atoms with Crippen LogP contribution in [0, 0.1) is 0 Å². The van der Waals surface area contributed by atoms with E-state index >= 15 is 0 Å². The number of pyridine rings is 1. The zero-order valence-corrected chi connectivity index (χ0v) is 24.8. The Morgan fingerprint density at radius 1 is 0.902 bits per heavy atom. The molecule has 3 N–H and O–H groups in total. The number of carbonyl (C=O) groups excluding carboxylic acids is 2. The molecule has 1 aliphatic rings. The number of carbonyl (C=O) groups is 2. The van der Waals surface area contributed by atoms with Gasteiger partial charge in [-0.3, -0.25) is 9.59 Å². The highest BCUT2D eigenvalue weighted by atomic mass is 35.5. The number of phenolic OH excluding ortho intramolecular Hbond substituents is 2. The van der Waals surface area contributed by atoms with Gasteiger partial charge in [0.25, 0.3) is 0 Å². The number of alkyl halides is 1. The molecule has 3 aromatic carbocycles. The zero-order valence-electron chi connectivity index (χ0n) is 24.0. The lowest BCUT2D eigenvalue weighted by Gasteiger charge is -2.13. The van der Waals surface area contributed by atoms with Crippen LogP contribution in [-0.2, 0) is 6.42 Å². The summed E-state index contributed by atoms with van der Waals surface area (Å²) in [5, 5.41) is 23.8. The minimum atomic E-state index is 0.181. The van der Waals surface area contributed by atoms with Crippen molar-refractivity contribution in [2.75, 3.05) is 37.2 Å². The number of hydrogen-bond donors (Lipinski definition) is 3. The number of benzene rings is 3. The molecule has 2 aromatic heterocycles. The van der Waals surface area contributed by atoms with Gasteiger partial charge in [-0.25, -0.2) is 4.98 Å². The van der Waals surface area contributed by atoms with Crippen molar-refractivity contribution in [1.29, 1.82) is 0 Å². The summed E-state index contributed by atoms with van der Waals surface area (Å²) >= 11 is 4.64. The fourth-order valence-electron chi connectivity index (χ4n) is 4.17. The summed E-state index contributed by atoms with van der Waals surface area (Å²) in [5.74, 6) is 0.568. The number of aromatic hydroxyl groups is 2. The Bertz CT molecular complexity index is 1550. The molecule has 0 aliphatic carbocycles. The fraction of sp³-hybridized carbons (Fsp3) is 0.219. The van der Waals surface area contributed by atoms with Crippen LogP contribution in [0.1, 0.15) is 40.3 Å². The number of rotatable bonds is 3. The molecule has 0 amide bonds. The summed E-state index contributed by atoms with van der Waals surface area (Å²) in [7, 11) is 3.92. The molecule has 0 saturated carbocycles. The van der Waals surface area contributed by atoms with E-state index in [1.807, 2.05) is 67.9 Å². The van der Waals surface area contributed by atoms with E-state index in [2.05, 4.69) is 39.9 Å². The summed E-state index contributed by atoms with van der Waals surface area (Å²) in [6.45, 7) is 5.04. The number of aldehydes is 2.